The molecule has 3 aliphatic rings. The van der Waals surface area contributed by atoms with Crippen LogP contribution in [-0.4, -0.2) is 72.5 Å². The van der Waals surface area contributed by atoms with Crippen molar-refractivity contribution in [2.45, 2.75) is 50.6 Å². The minimum atomic E-state index is -1.48. The Morgan fingerprint density at radius 1 is 1.16 bits per heavy atom. The molecule has 0 bridgehead atoms. The number of rotatable bonds is 6. The largest absolute Gasteiger partial charge is 0.495 e. The van der Waals surface area contributed by atoms with Gasteiger partial charge in [-0.25, -0.2) is 9.18 Å². The van der Waals surface area contributed by atoms with E-state index in [0.29, 0.717) is 23.4 Å². The van der Waals surface area contributed by atoms with E-state index in [1.807, 2.05) is 25.7 Å². The summed E-state index contributed by atoms with van der Waals surface area (Å²) in [6.07, 6.45) is 3.57. The van der Waals surface area contributed by atoms with Crippen molar-refractivity contribution >= 4 is 40.8 Å². The molecule has 0 aliphatic carbocycles. The van der Waals surface area contributed by atoms with Crippen LogP contribution < -0.4 is 14.5 Å². The molecule has 4 atom stereocenters. The highest BCUT2D eigenvalue weighted by Gasteiger charge is 2.72. The summed E-state index contributed by atoms with van der Waals surface area (Å²) in [5, 5.41) is 10.3. The molecule has 45 heavy (non-hydrogen) atoms. The van der Waals surface area contributed by atoms with E-state index in [9.17, 15) is 19.5 Å². The number of nitrogens with zero attached hydrogens (tertiary/aromatic N) is 4. The van der Waals surface area contributed by atoms with Crippen LogP contribution in [-0.2, 0) is 19.7 Å². The minimum Gasteiger partial charge on any atom is -0.495 e. The molecule has 2 fully saturated rings. The first-order chi connectivity index (χ1) is 21.4. The zero-order chi connectivity index (χ0) is 32.4. The number of aliphatic hydroxyl groups excluding tert-OH is 1. The van der Waals surface area contributed by atoms with Crippen molar-refractivity contribution in [2.75, 3.05) is 37.4 Å². The van der Waals surface area contributed by atoms with Gasteiger partial charge in [0.15, 0.2) is 0 Å². The van der Waals surface area contributed by atoms with Gasteiger partial charge in [-0.1, -0.05) is 44.5 Å². The number of esters is 1. The zero-order valence-electron chi connectivity index (χ0n) is 25.6. The fourth-order valence-corrected chi connectivity index (χ4v) is 7.68. The Hall–Kier alpha value is -4.06. The van der Waals surface area contributed by atoms with Gasteiger partial charge in [-0.15, -0.1) is 0 Å². The molecule has 0 saturated carbocycles. The van der Waals surface area contributed by atoms with Crippen LogP contribution in [0.25, 0.3) is 0 Å². The van der Waals surface area contributed by atoms with E-state index in [-0.39, 0.29) is 39.9 Å². The van der Waals surface area contributed by atoms with Gasteiger partial charge in [-0.2, -0.15) is 0 Å². The molecule has 12 heteroatoms. The number of amides is 2. The zero-order valence-corrected chi connectivity index (χ0v) is 26.3. The van der Waals surface area contributed by atoms with Gasteiger partial charge in [0.2, 0.25) is 11.8 Å². The number of carbonyl (C=O) groups excluding carboxylic acids is 3. The maximum atomic E-state index is 16.2. The number of hydrogen-bond acceptors (Lipinski definition) is 8. The van der Waals surface area contributed by atoms with Gasteiger partial charge in [0.05, 0.1) is 48.9 Å². The first-order valence-electron chi connectivity index (χ1n) is 14.5. The number of aromatic nitrogens is 1. The van der Waals surface area contributed by atoms with Crippen LogP contribution >= 0.6 is 11.6 Å². The van der Waals surface area contributed by atoms with E-state index in [4.69, 9.17) is 21.1 Å². The van der Waals surface area contributed by atoms with E-state index in [0.717, 1.165) is 0 Å². The molecule has 2 saturated heterocycles. The number of halogens is 2. The molecule has 2 aromatic carbocycles. The third-order valence-electron chi connectivity index (χ3n) is 9.20. The Morgan fingerprint density at radius 2 is 1.91 bits per heavy atom. The van der Waals surface area contributed by atoms with Crippen molar-refractivity contribution in [1.82, 2.24) is 9.88 Å². The fraction of sp³-hybridized carbons (Fsp3) is 0.394. The summed E-state index contributed by atoms with van der Waals surface area (Å²) in [5.41, 5.74) is -0.0362. The van der Waals surface area contributed by atoms with Gasteiger partial charge in [0, 0.05) is 29.9 Å². The lowest BCUT2D eigenvalue weighted by atomic mass is 9.62. The predicted octanol–water partition coefficient (Wildman–Crippen LogP) is 4.48. The van der Waals surface area contributed by atoms with Crippen molar-refractivity contribution in [3.63, 3.8) is 0 Å². The lowest BCUT2D eigenvalue weighted by molar-refractivity contribution is -0.125. The molecular weight excluding hydrogens is 603 g/mol. The normalized spacial score (nSPS) is 24.4. The number of methoxy groups -OCH3 is 2. The van der Waals surface area contributed by atoms with Crippen molar-refractivity contribution in [1.29, 1.82) is 0 Å². The van der Waals surface area contributed by atoms with E-state index in [1.165, 1.54) is 42.3 Å². The second-order valence-corrected chi connectivity index (χ2v) is 13.2. The number of benzene rings is 2. The summed E-state index contributed by atoms with van der Waals surface area (Å²) in [5.74, 6) is -2.84. The Bertz CT molecular complexity index is 1710. The monoisotopic (exact) mass is 636 g/mol. The molecule has 4 heterocycles. The molecule has 1 N–H and O–H groups in total. The second kappa shape index (κ2) is 11.1. The van der Waals surface area contributed by atoms with Crippen LogP contribution in [0.5, 0.6) is 5.75 Å². The molecular formula is C33H34ClFN4O6. The van der Waals surface area contributed by atoms with Crippen LogP contribution in [0, 0.1) is 11.2 Å². The van der Waals surface area contributed by atoms with Gasteiger partial charge >= 0.3 is 5.97 Å². The Morgan fingerprint density at radius 3 is 2.58 bits per heavy atom. The molecule has 236 valence electrons. The molecule has 1 unspecified atom stereocenters. The van der Waals surface area contributed by atoms with E-state index in [2.05, 4.69) is 4.98 Å². The maximum absolute atomic E-state index is 16.2. The van der Waals surface area contributed by atoms with Crippen LogP contribution in [0.1, 0.15) is 54.6 Å². The molecule has 1 spiro atoms. The molecule has 3 aliphatic heterocycles. The lowest BCUT2D eigenvalue weighted by Crippen LogP contribution is -2.54. The van der Waals surface area contributed by atoms with Gasteiger partial charge < -0.3 is 14.6 Å². The van der Waals surface area contributed by atoms with Crippen LogP contribution in [0.4, 0.5) is 15.8 Å². The Labute approximate surface area is 265 Å². The molecule has 1 aromatic heterocycles. The number of fused-ring (bicyclic) bond motifs is 3. The van der Waals surface area contributed by atoms with E-state index in [1.54, 1.807) is 36.5 Å². The number of ether oxygens (including phenoxy) is 2. The van der Waals surface area contributed by atoms with Crippen LogP contribution in [0.3, 0.4) is 0 Å². The smallest absolute Gasteiger partial charge is 0.337 e. The average molecular weight is 637 g/mol. The Kier molecular flexibility index (Phi) is 7.62. The number of hydrogen-bond donors (Lipinski definition) is 1. The standard InChI is InChI=1S/C33H34ClFN4O6/c1-32(2,3)14-25-33(20-15-36-12-11-22(20)39(17-40)31(33)43)26(19-7-6-8-21(34)27(19)35)28-29(41)37(16-38(25)28)23-10-9-18(30(42)45-5)13-24(23)44-4/h6-13,15,25-26,28,40H,14,16-17H2,1-5H3/t25-,26-,28+,33?/m0/s1. The summed E-state index contributed by atoms with van der Waals surface area (Å²) < 4.78 is 26.6. The first-order valence-corrected chi connectivity index (χ1v) is 14.9. The van der Waals surface area contributed by atoms with Crippen molar-refractivity contribution < 1.29 is 33.4 Å². The highest BCUT2D eigenvalue weighted by molar-refractivity contribution is 6.30. The fourth-order valence-electron chi connectivity index (χ4n) is 7.49. The second-order valence-electron chi connectivity index (χ2n) is 12.8. The predicted molar refractivity (Wildman–Crippen MR) is 165 cm³/mol. The van der Waals surface area contributed by atoms with Gasteiger partial charge in [-0.05, 0) is 47.7 Å². The SMILES string of the molecule is COC(=O)c1ccc(N2CN3[C@@H](CC(C)(C)C)C4(C(=O)N(CO)c5ccncc54)[C@@H](c4cccc(Cl)c4F)[C@@H]3C2=O)c(OC)c1. The molecule has 3 aromatic rings. The quantitative estimate of drug-likeness (QED) is 0.394. The summed E-state index contributed by atoms with van der Waals surface area (Å²) in [7, 11) is 2.71. The van der Waals surface area contributed by atoms with Crippen LogP contribution in [0.2, 0.25) is 5.02 Å². The molecule has 0 radical (unpaired) electrons. The molecule has 10 nitrogen and oxygen atoms in total. The third kappa shape index (κ3) is 4.51. The highest BCUT2D eigenvalue weighted by Crippen LogP contribution is 2.62. The average Bonchev–Trinajstić information content (AvgIpc) is 3.58. The van der Waals surface area contributed by atoms with E-state index >= 15 is 4.39 Å². The van der Waals surface area contributed by atoms with Gasteiger partial charge in [-0.3, -0.25) is 29.3 Å². The number of aliphatic hydroxyl groups is 1. The third-order valence-corrected chi connectivity index (χ3v) is 9.49. The summed E-state index contributed by atoms with van der Waals surface area (Å²) >= 11 is 6.33. The number of anilines is 2. The van der Waals surface area contributed by atoms with Crippen molar-refractivity contribution in [3.8, 4) is 5.75 Å². The Balaban J connectivity index is 1.60. The molecule has 2 amide bonds. The van der Waals surface area contributed by atoms with Crippen molar-refractivity contribution in [3.05, 3.63) is 82.4 Å². The summed E-state index contributed by atoms with van der Waals surface area (Å²) in [6.45, 7) is 5.58. The van der Waals surface area contributed by atoms with E-state index < -0.39 is 47.8 Å². The summed E-state index contributed by atoms with van der Waals surface area (Å²) in [4.78, 5) is 50.9. The topological polar surface area (TPSA) is 113 Å². The summed E-state index contributed by atoms with van der Waals surface area (Å²) in [6, 6.07) is 9.30. The van der Waals surface area contributed by atoms with Crippen molar-refractivity contribution in [2.24, 2.45) is 5.41 Å². The van der Waals surface area contributed by atoms with Crippen LogP contribution in [0.15, 0.2) is 54.9 Å². The maximum Gasteiger partial charge on any atom is 0.337 e. The van der Waals surface area contributed by atoms with Gasteiger partial charge in [0.1, 0.15) is 23.7 Å². The first kappa shape index (κ1) is 30.9. The van der Waals surface area contributed by atoms with Gasteiger partial charge in [0.25, 0.3) is 0 Å². The minimum absolute atomic E-state index is 0.0562. The number of pyridine rings is 1. The molecule has 6 rings (SSSR count). The highest BCUT2D eigenvalue weighted by atomic mass is 35.5. The number of carbonyl (C=O) groups is 3. The lowest BCUT2D eigenvalue weighted by Gasteiger charge is -2.40.